The second-order valence-electron chi connectivity index (χ2n) is 7.10. The molecule has 0 saturated carbocycles. The van der Waals surface area contributed by atoms with Gasteiger partial charge in [-0.15, -0.1) is 0 Å². The summed E-state index contributed by atoms with van der Waals surface area (Å²) < 4.78 is 0. The second kappa shape index (κ2) is 11.7. The molecule has 0 aliphatic rings. The molecule has 2 heterocycles. The van der Waals surface area contributed by atoms with E-state index in [2.05, 4.69) is 32.7 Å². The van der Waals surface area contributed by atoms with Gasteiger partial charge in [-0.05, 0) is 18.6 Å². The van der Waals surface area contributed by atoms with E-state index in [9.17, 15) is 14.8 Å². The summed E-state index contributed by atoms with van der Waals surface area (Å²) >= 11 is 0. The number of anilines is 2. The molecule has 0 saturated heterocycles. The van der Waals surface area contributed by atoms with Crippen LogP contribution in [0.2, 0.25) is 0 Å². The van der Waals surface area contributed by atoms with Crippen LogP contribution in [0.15, 0.2) is 30.7 Å². The molecule has 2 amide bonds. The molecule has 0 aromatic carbocycles. The minimum absolute atomic E-state index is 0.0813. The molecule has 3 N–H and O–H groups in total. The highest BCUT2D eigenvalue weighted by Gasteiger charge is 2.21. The molecule has 0 spiro atoms. The predicted molar refractivity (Wildman–Crippen MR) is 114 cm³/mol. The Labute approximate surface area is 176 Å². The number of pyridine rings is 1. The Morgan fingerprint density at radius 1 is 1.30 bits per heavy atom. The molecule has 2 aromatic heterocycles. The smallest absolute Gasteiger partial charge is 0.243 e. The van der Waals surface area contributed by atoms with Crippen LogP contribution in [0.5, 0.6) is 0 Å². The Kier molecular flexibility index (Phi) is 8.95. The minimum atomic E-state index is -0.557. The van der Waals surface area contributed by atoms with Gasteiger partial charge in [-0.3, -0.25) is 30.6 Å². The van der Waals surface area contributed by atoms with Crippen molar-refractivity contribution in [2.24, 2.45) is 5.92 Å². The molecule has 30 heavy (non-hydrogen) atoms. The molecule has 1 unspecified atom stereocenters. The highest BCUT2D eigenvalue weighted by atomic mass is 16.5. The molecular formula is C20H29N7O3. The number of rotatable bonds is 12. The van der Waals surface area contributed by atoms with E-state index in [1.54, 1.807) is 18.6 Å². The van der Waals surface area contributed by atoms with Gasteiger partial charge in [0.15, 0.2) is 0 Å². The number of nitrogens with one attached hydrogen (secondary N) is 2. The lowest BCUT2D eigenvalue weighted by Gasteiger charge is -2.20. The van der Waals surface area contributed by atoms with E-state index >= 15 is 0 Å². The number of nitrogens with zero attached hydrogens (tertiary/aromatic N) is 5. The van der Waals surface area contributed by atoms with Gasteiger partial charge in [0.1, 0.15) is 5.69 Å². The number of unbranched alkanes of at least 4 members (excludes halogenated alkanes) is 2. The van der Waals surface area contributed by atoms with Crippen LogP contribution in [-0.2, 0) is 9.59 Å². The first-order valence-corrected chi connectivity index (χ1v) is 9.87. The van der Waals surface area contributed by atoms with Crippen LogP contribution < -0.4 is 15.8 Å². The molecule has 2 rings (SSSR count). The van der Waals surface area contributed by atoms with Crippen LogP contribution in [0.25, 0.3) is 11.3 Å². The van der Waals surface area contributed by atoms with Crippen LogP contribution in [0.3, 0.4) is 0 Å². The van der Waals surface area contributed by atoms with E-state index in [4.69, 9.17) is 0 Å². The number of carbonyl (C=O) groups is 2. The van der Waals surface area contributed by atoms with Crippen molar-refractivity contribution in [2.75, 3.05) is 31.0 Å². The van der Waals surface area contributed by atoms with Gasteiger partial charge in [0, 0.05) is 32.1 Å². The van der Waals surface area contributed by atoms with Crippen LogP contribution in [0.1, 0.15) is 32.6 Å². The third-order valence-electron chi connectivity index (χ3n) is 4.54. The van der Waals surface area contributed by atoms with Gasteiger partial charge in [-0.2, -0.15) is 0 Å². The number of hydrazine groups is 1. The topological polar surface area (TPSA) is 124 Å². The van der Waals surface area contributed by atoms with Gasteiger partial charge in [0.2, 0.25) is 18.3 Å². The largest absolute Gasteiger partial charge is 0.375 e. The molecule has 2 aromatic rings. The lowest BCUT2D eigenvalue weighted by atomic mass is 10.0. The lowest BCUT2D eigenvalue weighted by molar-refractivity contribution is -0.154. The predicted octanol–water partition coefficient (Wildman–Crippen LogP) is 2.09. The Morgan fingerprint density at radius 3 is 2.73 bits per heavy atom. The van der Waals surface area contributed by atoms with Gasteiger partial charge in [-0.1, -0.05) is 26.2 Å². The van der Waals surface area contributed by atoms with E-state index in [-0.39, 0.29) is 24.8 Å². The Bertz CT molecular complexity index is 817. The van der Waals surface area contributed by atoms with E-state index in [0.29, 0.717) is 17.2 Å². The Balaban J connectivity index is 2.12. The molecule has 0 aliphatic heterocycles. The second-order valence-corrected chi connectivity index (χ2v) is 7.10. The van der Waals surface area contributed by atoms with Crippen LogP contribution in [-0.4, -0.2) is 58.2 Å². The van der Waals surface area contributed by atoms with Crippen molar-refractivity contribution in [2.45, 2.75) is 32.6 Å². The van der Waals surface area contributed by atoms with Crippen molar-refractivity contribution in [3.63, 3.8) is 0 Å². The average molecular weight is 415 g/mol. The number of hydrogen-bond acceptors (Lipinski definition) is 8. The van der Waals surface area contributed by atoms with Gasteiger partial charge < -0.3 is 4.90 Å². The number of amides is 2. The normalized spacial score (nSPS) is 11.5. The van der Waals surface area contributed by atoms with Crippen LogP contribution in [0.4, 0.5) is 11.6 Å². The van der Waals surface area contributed by atoms with Crippen molar-refractivity contribution in [1.82, 2.24) is 25.4 Å². The molecule has 10 nitrogen and oxygen atoms in total. The minimum Gasteiger partial charge on any atom is -0.375 e. The highest BCUT2D eigenvalue weighted by Crippen LogP contribution is 2.27. The number of carbonyl (C=O) groups excluding carboxylic acids is 2. The average Bonchev–Trinajstić information content (AvgIpc) is 2.77. The quantitative estimate of drug-likeness (QED) is 0.208. The van der Waals surface area contributed by atoms with E-state index in [1.807, 2.05) is 31.1 Å². The van der Waals surface area contributed by atoms with Gasteiger partial charge in [-0.25, -0.2) is 15.0 Å². The summed E-state index contributed by atoms with van der Waals surface area (Å²) in [5.41, 5.74) is 7.61. The zero-order valence-electron chi connectivity index (χ0n) is 17.6. The first-order chi connectivity index (χ1) is 14.5. The Hall–Kier alpha value is -3.27. The maximum atomic E-state index is 12.6. The third-order valence-corrected chi connectivity index (χ3v) is 4.54. The molecule has 0 bridgehead atoms. The molecule has 0 aliphatic carbocycles. The van der Waals surface area contributed by atoms with Crippen molar-refractivity contribution in [3.05, 3.63) is 30.7 Å². The maximum absolute atomic E-state index is 12.6. The summed E-state index contributed by atoms with van der Waals surface area (Å²) in [6.07, 6.45) is 8.67. The first kappa shape index (κ1) is 23.0. The molecular weight excluding hydrogens is 386 g/mol. The summed E-state index contributed by atoms with van der Waals surface area (Å²) in [4.78, 5) is 38.1. The SMILES string of the molecule is CCCCCC(CN(O)C=O)C(=O)NNc1ncc(N(C)C)c(-c2cccnc2)n1. The number of aromatic nitrogens is 3. The van der Waals surface area contributed by atoms with Gasteiger partial charge in [0.25, 0.3) is 0 Å². The standard InChI is InChI=1S/C20H29N7O3/c1-4-5-6-8-16(13-27(30)14-28)19(29)24-25-20-22-12-17(26(2)3)18(23-20)15-9-7-10-21-11-15/h7,9-12,14,16,30H,4-6,8,13H2,1-3H3,(H,24,29)(H,22,23,25). The van der Waals surface area contributed by atoms with Crippen molar-refractivity contribution >= 4 is 24.0 Å². The fraction of sp³-hybridized carbons (Fsp3) is 0.450. The maximum Gasteiger partial charge on any atom is 0.243 e. The van der Waals surface area contributed by atoms with E-state index in [1.165, 1.54) is 0 Å². The van der Waals surface area contributed by atoms with Gasteiger partial charge >= 0.3 is 0 Å². The summed E-state index contributed by atoms with van der Waals surface area (Å²) in [6, 6.07) is 3.71. The lowest BCUT2D eigenvalue weighted by Crippen LogP contribution is -2.40. The highest BCUT2D eigenvalue weighted by molar-refractivity contribution is 5.80. The number of hydroxylamine groups is 2. The van der Waals surface area contributed by atoms with Crippen LogP contribution >= 0.6 is 0 Å². The van der Waals surface area contributed by atoms with E-state index in [0.717, 1.165) is 30.5 Å². The molecule has 0 fully saturated rings. The fourth-order valence-corrected chi connectivity index (χ4v) is 2.91. The number of hydrogen-bond donors (Lipinski definition) is 3. The van der Waals surface area contributed by atoms with Crippen LogP contribution in [0, 0.1) is 5.92 Å². The van der Waals surface area contributed by atoms with Crippen molar-refractivity contribution < 1.29 is 14.8 Å². The fourth-order valence-electron chi connectivity index (χ4n) is 2.91. The third kappa shape index (κ3) is 6.66. The molecule has 0 radical (unpaired) electrons. The molecule has 1 atom stereocenters. The summed E-state index contributed by atoms with van der Waals surface area (Å²) in [5.74, 6) is -0.690. The zero-order valence-corrected chi connectivity index (χ0v) is 17.6. The van der Waals surface area contributed by atoms with Crippen molar-refractivity contribution in [3.8, 4) is 11.3 Å². The molecule has 10 heteroatoms. The van der Waals surface area contributed by atoms with E-state index < -0.39 is 5.92 Å². The summed E-state index contributed by atoms with van der Waals surface area (Å²) in [6.45, 7) is 1.98. The van der Waals surface area contributed by atoms with Crippen molar-refractivity contribution in [1.29, 1.82) is 0 Å². The summed E-state index contributed by atoms with van der Waals surface area (Å²) in [5, 5.41) is 9.98. The Morgan fingerprint density at radius 2 is 2.10 bits per heavy atom. The zero-order chi connectivity index (χ0) is 21.9. The molecule has 162 valence electrons. The first-order valence-electron chi connectivity index (χ1n) is 9.87. The summed E-state index contributed by atoms with van der Waals surface area (Å²) in [7, 11) is 3.78. The van der Waals surface area contributed by atoms with Gasteiger partial charge in [0.05, 0.1) is 24.3 Å². The monoisotopic (exact) mass is 415 g/mol.